The van der Waals surface area contributed by atoms with Crippen LogP contribution in [0.3, 0.4) is 0 Å². The fourth-order valence-electron chi connectivity index (χ4n) is 5.27. The molecule has 4 aliphatic rings. The van der Waals surface area contributed by atoms with Crippen LogP contribution in [0.25, 0.3) is 0 Å². The predicted molar refractivity (Wildman–Crippen MR) is 194 cm³/mol. The summed E-state index contributed by atoms with van der Waals surface area (Å²) in [6, 6.07) is 3.11. The summed E-state index contributed by atoms with van der Waals surface area (Å²) in [7, 11) is 1.35. The molecule has 2 saturated heterocycles. The number of aliphatic hydroxyl groups is 3. The Kier molecular flexibility index (Phi) is 13.9. The number of cyclic esters (lactones) is 6. The Hall–Kier alpha value is -6.92. The number of carbonyl (C=O) groups excluding carboxylic acids is 6. The van der Waals surface area contributed by atoms with Crippen LogP contribution in [0.2, 0.25) is 0 Å². The number of carbonyl (C=O) groups is 6. The standard InChI is InChI=1S/C38H34O18.C2H6/c1-19-17-26(36-51-29(41)22(30(42)52-36)13-9-7-11-15-24-33(45)55-38(4,47)56-34(24)46)20(2)16-25(19)35-49-27(39)21(28(40)50-35)12-8-6-10-14-23-31(43)53-37(3,18-48-5)54-32(23)44;1-2/h6-17,35-36,39,41,47H,18H2,1-5H3;1-2H3/b10-6?,11-7+,12-8?,13-9+,23-14?,24-15?;. The molecule has 0 spiro atoms. The van der Waals surface area contributed by atoms with Crippen LogP contribution in [-0.4, -0.2) is 76.6 Å². The van der Waals surface area contributed by atoms with Gasteiger partial charge in [-0.1, -0.05) is 50.3 Å². The van der Waals surface area contributed by atoms with Crippen LogP contribution in [0.4, 0.5) is 0 Å². The first kappa shape index (κ1) is 43.8. The van der Waals surface area contributed by atoms with Gasteiger partial charge in [0.1, 0.15) is 28.9 Å². The molecule has 0 radical (unpaired) electrons. The zero-order valence-electron chi connectivity index (χ0n) is 32.3. The molecule has 0 amide bonds. The van der Waals surface area contributed by atoms with E-state index in [1.165, 1.54) is 56.6 Å². The van der Waals surface area contributed by atoms with E-state index in [4.69, 9.17) is 33.2 Å². The van der Waals surface area contributed by atoms with Crippen LogP contribution < -0.4 is 0 Å². The Morgan fingerprint density at radius 2 is 0.983 bits per heavy atom. The van der Waals surface area contributed by atoms with Gasteiger partial charge in [0, 0.05) is 32.1 Å². The average molecular weight is 809 g/mol. The van der Waals surface area contributed by atoms with Crippen LogP contribution >= 0.6 is 0 Å². The van der Waals surface area contributed by atoms with Crippen molar-refractivity contribution in [1.82, 2.24) is 0 Å². The Bertz CT molecular complexity index is 2080. The van der Waals surface area contributed by atoms with Gasteiger partial charge in [-0.05, 0) is 61.4 Å². The number of benzene rings is 1. The number of allylic oxidation sites excluding steroid dienone is 8. The smallest absolute Gasteiger partial charge is 0.370 e. The first-order valence-corrected chi connectivity index (χ1v) is 17.4. The third-order valence-corrected chi connectivity index (χ3v) is 7.89. The second kappa shape index (κ2) is 18.4. The molecule has 0 bridgehead atoms. The number of esters is 6. The highest BCUT2D eigenvalue weighted by atomic mass is 16.8. The number of hydrogen-bond donors (Lipinski definition) is 3. The summed E-state index contributed by atoms with van der Waals surface area (Å²) in [5.74, 6) is -11.3. The van der Waals surface area contributed by atoms with E-state index in [0.29, 0.717) is 22.3 Å². The molecular formula is C40H40O18. The van der Waals surface area contributed by atoms with Crippen molar-refractivity contribution in [2.24, 2.45) is 0 Å². The molecule has 2 atom stereocenters. The molecule has 2 fully saturated rings. The quantitative estimate of drug-likeness (QED) is 0.0979. The summed E-state index contributed by atoms with van der Waals surface area (Å²) in [4.78, 5) is 73.9. The third kappa shape index (κ3) is 10.3. The van der Waals surface area contributed by atoms with Crippen LogP contribution in [0.15, 0.2) is 107 Å². The molecule has 0 aromatic heterocycles. The zero-order valence-corrected chi connectivity index (χ0v) is 32.3. The summed E-state index contributed by atoms with van der Waals surface area (Å²) in [6.07, 6.45) is 9.64. The fourth-order valence-corrected chi connectivity index (χ4v) is 5.27. The van der Waals surface area contributed by atoms with Gasteiger partial charge in [-0.15, -0.1) is 0 Å². The van der Waals surface area contributed by atoms with Gasteiger partial charge in [0.05, 0.1) is 0 Å². The van der Waals surface area contributed by atoms with E-state index in [1.807, 2.05) is 13.8 Å². The normalized spacial score (nSPS) is 25.1. The number of aliphatic hydroxyl groups excluding tert-OH is 2. The van der Waals surface area contributed by atoms with E-state index in [9.17, 15) is 44.1 Å². The molecule has 1 aromatic rings. The number of methoxy groups -OCH3 is 1. The summed E-state index contributed by atoms with van der Waals surface area (Å²) < 4.78 is 46.0. The second-order valence-electron chi connectivity index (χ2n) is 12.4. The predicted octanol–water partition coefficient (Wildman–Crippen LogP) is 4.32. The fraction of sp³-hybridized carbons (Fsp3) is 0.300. The molecule has 2 unspecified atom stereocenters. The molecule has 5 rings (SSSR count). The van der Waals surface area contributed by atoms with Gasteiger partial charge in [-0.3, -0.25) is 0 Å². The van der Waals surface area contributed by atoms with Crippen LogP contribution in [-0.2, 0) is 71.4 Å². The highest BCUT2D eigenvalue weighted by Crippen LogP contribution is 2.37. The van der Waals surface area contributed by atoms with Gasteiger partial charge in [0.15, 0.2) is 0 Å². The summed E-state index contributed by atoms with van der Waals surface area (Å²) in [5.41, 5.74) is 0.0701. The minimum Gasteiger partial charge on any atom is -0.480 e. The van der Waals surface area contributed by atoms with E-state index < -0.39 is 77.6 Å². The lowest BCUT2D eigenvalue weighted by atomic mass is 9.98. The molecule has 18 nitrogen and oxygen atoms in total. The summed E-state index contributed by atoms with van der Waals surface area (Å²) in [5, 5.41) is 30.6. The van der Waals surface area contributed by atoms with E-state index in [0.717, 1.165) is 25.2 Å². The monoisotopic (exact) mass is 808 g/mol. The Labute approximate surface area is 331 Å². The number of ether oxygens (including phenoxy) is 9. The van der Waals surface area contributed by atoms with Crippen LogP contribution in [0, 0.1) is 13.8 Å². The second-order valence-corrected chi connectivity index (χ2v) is 12.4. The maximum atomic E-state index is 12.8. The topological polar surface area (TPSA) is 246 Å². The van der Waals surface area contributed by atoms with E-state index in [1.54, 1.807) is 26.0 Å². The molecule has 1 aromatic carbocycles. The lowest BCUT2D eigenvalue weighted by Gasteiger charge is -2.32. The molecule has 3 N–H and O–H groups in total. The van der Waals surface area contributed by atoms with Gasteiger partial charge in [-0.2, -0.15) is 0 Å². The third-order valence-electron chi connectivity index (χ3n) is 7.89. The van der Waals surface area contributed by atoms with E-state index in [-0.39, 0.29) is 23.3 Å². The molecule has 0 saturated carbocycles. The molecule has 58 heavy (non-hydrogen) atoms. The molecule has 0 aliphatic carbocycles. The van der Waals surface area contributed by atoms with Gasteiger partial charge < -0.3 is 58.0 Å². The number of hydrogen-bond acceptors (Lipinski definition) is 18. The maximum Gasteiger partial charge on any atom is 0.370 e. The minimum absolute atomic E-state index is 0.156. The van der Waals surface area contributed by atoms with Gasteiger partial charge in [0.25, 0.3) is 30.3 Å². The highest BCUT2D eigenvalue weighted by molar-refractivity contribution is 6.16. The van der Waals surface area contributed by atoms with Crippen molar-refractivity contribution in [2.45, 2.75) is 65.9 Å². The number of rotatable bonds is 10. The molecule has 18 heteroatoms. The van der Waals surface area contributed by atoms with Crippen molar-refractivity contribution in [3.05, 3.63) is 129 Å². The lowest BCUT2D eigenvalue weighted by molar-refractivity contribution is -0.318. The van der Waals surface area contributed by atoms with Gasteiger partial charge >= 0.3 is 41.8 Å². The molecule has 4 aliphatic heterocycles. The Morgan fingerprint density at radius 3 is 1.34 bits per heavy atom. The van der Waals surface area contributed by atoms with Crippen LogP contribution in [0.5, 0.6) is 0 Å². The summed E-state index contributed by atoms with van der Waals surface area (Å²) >= 11 is 0. The van der Waals surface area contributed by atoms with Crippen LogP contribution in [0.1, 0.15) is 62.5 Å². The van der Waals surface area contributed by atoms with Crippen molar-refractivity contribution in [3.8, 4) is 0 Å². The Balaban J connectivity index is 0.00000366. The van der Waals surface area contributed by atoms with Crippen molar-refractivity contribution in [3.63, 3.8) is 0 Å². The molecule has 308 valence electrons. The first-order valence-electron chi connectivity index (χ1n) is 17.4. The summed E-state index contributed by atoms with van der Waals surface area (Å²) in [6.45, 7) is 9.46. The Morgan fingerprint density at radius 1 is 0.603 bits per heavy atom. The number of aryl methyl sites for hydroxylation is 2. The lowest BCUT2D eigenvalue weighted by Crippen LogP contribution is -2.47. The molecular weight excluding hydrogens is 768 g/mol. The highest BCUT2D eigenvalue weighted by Gasteiger charge is 2.43. The SMILES string of the molecule is CC.COCC1(C)OC(=O)C(=CC=CC=CC2=C(O)OC(c3cc(C)c(C4OC(=O)C(/C=C/C=C/C=C5C(=O)OC(C)(O)OC5=O)=C(O)O4)cc3C)OC2=O)C(=O)O1. The van der Waals surface area contributed by atoms with Crippen molar-refractivity contribution in [2.75, 3.05) is 13.7 Å². The average Bonchev–Trinajstić information content (AvgIpc) is 3.12. The minimum atomic E-state index is -2.38. The van der Waals surface area contributed by atoms with Crippen molar-refractivity contribution < 1.29 is 86.7 Å². The van der Waals surface area contributed by atoms with Gasteiger partial charge in [-0.25, -0.2) is 28.8 Å². The first-order chi connectivity index (χ1) is 27.4. The van der Waals surface area contributed by atoms with E-state index in [2.05, 4.69) is 9.47 Å². The van der Waals surface area contributed by atoms with E-state index >= 15 is 0 Å². The van der Waals surface area contributed by atoms with Crippen molar-refractivity contribution in [1.29, 1.82) is 0 Å². The zero-order chi connectivity index (χ0) is 42.9. The van der Waals surface area contributed by atoms with Gasteiger partial charge in [0.2, 0.25) is 0 Å². The maximum absolute atomic E-state index is 12.8. The largest absolute Gasteiger partial charge is 0.480 e. The van der Waals surface area contributed by atoms with Crippen molar-refractivity contribution >= 4 is 35.8 Å². The molecule has 4 heterocycles.